The van der Waals surface area contributed by atoms with Gasteiger partial charge in [0.05, 0.1) is 17.6 Å². The molecule has 174 valence electrons. The molecule has 1 fully saturated rings. The number of aromatic nitrogens is 6. The third-order valence-corrected chi connectivity index (χ3v) is 6.18. The molecular formula is C23H23ClN8O2. The normalized spacial score (nSPS) is 14.5. The monoisotopic (exact) mass is 478 g/mol. The van der Waals surface area contributed by atoms with Gasteiger partial charge in [0.25, 0.3) is 11.8 Å². The highest BCUT2D eigenvalue weighted by Crippen LogP contribution is 2.22. The van der Waals surface area contributed by atoms with E-state index in [4.69, 9.17) is 11.6 Å². The minimum Gasteiger partial charge on any atom is -0.340 e. The Balaban J connectivity index is 1.39. The largest absolute Gasteiger partial charge is 0.340 e. The van der Waals surface area contributed by atoms with E-state index in [0.29, 0.717) is 27.5 Å². The number of nitrogens with zero attached hydrogens (tertiary/aromatic N) is 6. The van der Waals surface area contributed by atoms with E-state index in [-0.39, 0.29) is 18.4 Å². The number of imidazole rings is 1. The Kier molecular flexibility index (Phi) is 5.97. The van der Waals surface area contributed by atoms with Gasteiger partial charge in [-0.2, -0.15) is 4.80 Å². The maximum Gasteiger partial charge on any atom is 0.254 e. The Morgan fingerprint density at radius 1 is 1.18 bits per heavy atom. The van der Waals surface area contributed by atoms with Gasteiger partial charge in [0.1, 0.15) is 11.9 Å². The molecule has 2 aromatic heterocycles. The van der Waals surface area contributed by atoms with Crippen molar-refractivity contribution in [3.8, 4) is 0 Å². The Bertz CT molecular complexity index is 1340. The fourth-order valence-corrected chi connectivity index (χ4v) is 4.34. The highest BCUT2D eigenvalue weighted by molar-refractivity contribution is 6.31. The number of carbonyl (C=O) groups is 2. The number of fused-ring (bicyclic) bond motifs is 1. The van der Waals surface area contributed by atoms with Crippen LogP contribution in [0.2, 0.25) is 5.02 Å². The van der Waals surface area contributed by atoms with Gasteiger partial charge >= 0.3 is 0 Å². The average molecular weight is 479 g/mol. The van der Waals surface area contributed by atoms with Crippen LogP contribution in [-0.4, -0.2) is 60.0 Å². The molecule has 2 aromatic carbocycles. The number of nitrogens with one attached hydrogen (secondary N) is 2. The molecule has 11 heteroatoms. The van der Waals surface area contributed by atoms with Gasteiger partial charge in [0.15, 0.2) is 6.33 Å². The first-order valence-corrected chi connectivity index (χ1v) is 11.4. The minimum absolute atomic E-state index is 0.0121. The maximum atomic E-state index is 13.2. The van der Waals surface area contributed by atoms with Gasteiger partial charge in [-0.1, -0.05) is 11.6 Å². The third kappa shape index (κ3) is 4.49. The van der Waals surface area contributed by atoms with Crippen LogP contribution >= 0.6 is 11.6 Å². The number of hydrogen-bond donors (Lipinski definition) is 2. The molecule has 3 heterocycles. The lowest BCUT2D eigenvalue weighted by Gasteiger charge is -2.18. The highest BCUT2D eigenvalue weighted by atomic mass is 35.5. The molecule has 0 bridgehead atoms. The second-order valence-corrected chi connectivity index (χ2v) is 8.77. The standard InChI is InChI=1S/C23H23ClN8O2/c1-14-10-15(4-6-17(14)23(34)31-8-2-3-9-31)22(33)29-20(12-32-26-13-25-30-32)21-27-18-7-5-16(24)11-19(18)28-21/h4-7,10-11,13,20H,2-3,8-9,12H2,1H3,(H,27,28)(H,29,33)/t20-/m0/s1. The number of rotatable bonds is 6. The van der Waals surface area contributed by atoms with E-state index in [1.807, 2.05) is 17.9 Å². The van der Waals surface area contributed by atoms with E-state index in [1.165, 1.54) is 11.1 Å². The van der Waals surface area contributed by atoms with Crippen LogP contribution in [0.1, 0.15) is 51.0 Å². The molecule has 2 N–H and O–H groups in total. The maximum absolute atomic E-state index is 13.2. The smallest absolute Gasteiger partial charge is 0.254 e. The predicted octanol–water partition coefficient (Wildman–Crippen LogP) is 2.92. The Morgan fingerprint density at radius 3 is 2.74 bits per heavy atom. The molecule has 10 nitrogen and oxygen atoms in total. The molecule has 1 atom stereocenters. The molecular weight excluding hydrogens is 456 g/mol. The molecule has 5 rings (SSSR count). The Morgan fingerprint density at radius 2 is 2.00 bits per heavy atom. The SMILES string of the molecule is Cc1cc(C(=O)N[C@@H](Cn2ncnn2)c2nc3cc(Cl)ccc3[nH]2)ccc1C(=O)N1CCCC1. The number of benzene rings is 2. The van der Waals surface area contributed by atoms with E-state index in [9.17, 15) is 9.59 Å². The lowest BCUT2D eigenvalue weighted by molar-refractivity contribution is 0.0791. The lowest BCUT2D eigenvalue weighted by Crippen LogP contribution is -2.33. The topological polar surface area (TPSA) is 122 Å². The van der Waals surface area contributed by atoms with Crippen LogP contribution in [0.4, 0.5) is 0 Å². The van der Waals surface area contributed by atoms with Crippen molar-refractivity contribution in [3.05, 3.63) is 70.3 Å². The van der Waals surface area contributed by atoms with E-state index < -0.39 is 6.04 Å². The van der Waals surface area contributed by atoms with E-state index in [0.717, 1.165) is 37.0 Å². The van der Waals surface area contributed by atoms with Gasteiger partial charge < -0.3 is 15.2 Å². The number of amides is 2. The van der Waals surface area contributed by atoms with E-state index >= 15 is 0 Å². The van der Waals surface area contributed by atoms with Crippen LogP contribution in [-0.2, 0) is 6.54 Å². The number of H-pyrrole nitrogens is 1. The van der Waals surface area contributed by atoms with Crippen molar-refractivity contribution in [2.24, 2.45) is 0 Å². The summed E-state index contributed by atoms with van der Waals surface area (Å²) in [7, 11) is 0. The van der Waals surface area contributed by atoms with Gasteiger partial charge in [0, 0.05) is 29.2 Å². The molecule has 0 spiro atoms. The van der Waals surface area contributed by atoms with Crippen LogP contribution < -0.4 is 5.32 Å². The molecule has 1 aliphatic rings. The Hall–Kier alpha value is -3.79. The van der Waals surface area contributed by atoms with Crippen molar-refractivity contribution >= 4 is 34.4 Å². The number of hydrogen-bond acceptors (Lipinski definition) is 6. The second-order valence-electron chi connectivity index (χ2n) is 8.33. The fourth-order valence-electron chi connectivity index (χ4n) is 4.18. The molecule has 1 saturated heterocycles. The molecule has 0 aliphatic carbocycles. The first kappa shape index (κ1) is 22.0. The predicted molar refractivity (Wildman–Crippen MR) is 125 cm³/mol. The number of aryl methyl sites for hydroxylation is 1. The molecule has 4 aromatic rings. The summed E-state index contributed by atoms with van der Waals surface area (Å²) in [4.78, 5) is 37.0. The van der Waals surface area contributed by atoms with Crippen LogP contribution in [0.3, 0.4) is 0 Å². The van der Waals surface area contributed by atoms with Crippen molar-refractivity contribution in [3.63, 3.8) is 0 Å². The first-order valence-electron chi connectivity index (χ1n) is 11.0. The van der Waals surface area contributed by atoms with Crippen LogP contribution in [0.15, 0.2) is 42.7 Å². The van der Waals surface area contributed by atoms with Gasteiger partial charge in [-0.25, -0.2) is 4.98 Å². The zero-order valence-corrected chi connectivity index (χ0v) is 19.3. The summed E-state index contributed by atoms with van der Waals surface area (Å²) in [6.07, 6.45) is 3.39. The van der Waals surface area contributed by atoms with Gasteiger partial charge in [-0.05, 0) is 66.9 Å². The van der Waals surface area contributed by atoms with Gasteiger partial charge in [-0.15, -0.1) is 10.2 Å². The number of halogens is 1. The highest BCUT2D eigenvalue weighted by Gasteiger charge is 2.24. The van der Waals surface area contributed by atoms with Crippen molar-refractivity contribution in [2.75, 3.05) is 13.1 Å². The van der Waals surface area contributed by atoms with E-state index in [2.05, 4.69) is 30.7 Å². The zero-order valence-electron chi connectivity index (χ0n) is 18.5. The third-order valence-electron chi connectivity index (χ3n) is 5.95. The second kappa shape index (κ2) is 9.22. The molecule has 0 saturated carbocycles. The summed E-state index contributed by atoms with van der Waals surface area (Å²) in [6, 6.07) is 9.94. The summed E-state index contributed by atoms with van der Waals surface area (Å²) in [6.45, 7) is 3.63. The molecule has 1 aliphatic heterocycles. The summed E-state index contributed by atoms with van der Waals surface area (Å²) in [5.74, 6) is 0.255. The molecule has 2 amide bonds. The summed E-state index contributed by atoms with van der Waals surface area (Å²) in [5, 5.41) is 15.3. The summed E-state index contributed by atoms with van der Waals surface area (Å²) in [5.41, 5.74) is 3.32. The van der Waals surface area contributed by atoms with Gasteiger partial charge in [-0.3, -0.25) is 9.59 Å². The van der Waals surface area contributed by atoms with Crippen molar-refractivity contribution in [1.82, 2.24) is 40.4 Å². The fraction of sp³-hybridized carbons (Fsp3) is 0.304. The lowest BCUT2D eigenvalue weighted by atomic mass is 10.0. The first-order chi connectivity index (χ1) is 16.5. The average Bonchev–Trinajstić information content (AvgIpc) is 3.59. The number of aromatic amines is 1. The van der Waals surface area contributed by atoms with Crippen molar-refractivity contribution in [1.29, 1.82) is 0 Å². The van der Waals surface area contributed by atoms with Crippen LogP contribution in [0, 0.1) is 6.92 Å². The van der Waals surface area contributed by atoms with Crippen molar-refractivity contribution < 1.29 is 9.59 Å². The zero-order chi connectivity index (χ0) is 23.7. The number of likely N-dealkylation sites (tertiary alicyclic amines) is 1. The Labute approximate surface area is 200 Å². The quantitative estimate of drug-likeness (QED) is 0.439. The number of tetrazole rings is 1. The van der Waals surface area contributed by atoms with Gasteiger partial charge in [0.2, 0.25) is 0 Å². The number of carbonyl (C=O) groups excluding carboxylic acids is 2. The van der Waals surface area contributed by atoms with E-state index in [1.54, 1.807) is 30.3 Å². The molecule has 34 heavy (non-hydrogen) atoms. The van der Waals surface area contributed by atoms with Crippen LogP contribution in [0.25, 0.3) is 11.0 Å². The minimum atomic E-state index is -0.556. The summed E-state index contributed by atoms with van der Waals surface area (Å²) >= 11 is 6.10. The molecule has 0 unspecified atom stereocenters. The summed E-state index contributed by atoms with van der Waals surface area (Å²) < 4.78 is 0. The van der Waals surface area contributed by atoms with Crippen LogP contribution in [0.5, 0.6) is 0 Å². The molecule has 0 radical (unpaired) electrons. The van der Waals surface area contributed by atoms with Crippen molar-refractivity contribution in [2.45, 2.75) is 32.4 Å².